The predicted molar refractivity (Wildman–Crippen MR) is 65.7 cm³/mol. The lowest BCUT2D eigenvalue weighted by Gasteiger charge is -2.19. The Hall–Kier alpha value is -1.31. The number of hydrogen-bond acceptors (Lipinski definition) is 1. The van der Waals surface area contributed by atoms with Crippen molar-refractivity contribution < 1.29 is 9.90 Å². The third-order valence-corrected chi connectivity index (χ3v) is 3.02. The molecule has 1 N–H and O–H groups in total. The van der Waals surface area contributed by atoms with Gasteiger partial charge >= 0.3 is 5.97 Å². The topological polar surface area (TPSA) is 37.3 Å². The van der Waals surface area contributed by atoms with E-state index in [1.807, 2.05) is 0 Å². The lowest BCUT2D eigenvalue weighted by atomic mass is 9.85. The van der Waals surface area contributed by atoms with Gasteiger partial charge in [0.1, 0.15) is 0 Å². The van der Waals surface area contributed by atoms with E-state index in [4.69, 9.17) is 5.11 Å². The third-order valence-electron chi connectivity index (χ3n) is 3.02. The maximum Gasteiger partial charge on any atom is 0.303 e. The summed E-state index contributed by atoms with van der Waals surface area (Å²) < 4.78 is 0. The molecule has 16 heavy (non-hydrogen) atoms. The third kappa shape index (κ3) is 3.37. The van der Waals surface area contributed by atoms with Crippen LogP contribution in [0.25, 0.3) is 0 Å². The number of aryl methyl sites for hydroxylation is 1. The Balaban J connectivity index is 2.88. The highest BCUT2D eigenvalue weighted by Crippen LogP contribution is 2.28. The molecule has 0 saturated heterocycles. The van der Waals surface area contributed by atoms with Crippen molar-refractivity contribution in [3.05, 3.63) is 35.4 Å². The molecule has 2 nitrogen and oxygen atoms in total. The maximum atomic E-state index is 10.8. The molecule has 1 aromatic rings. The highest BCUT2D eigenvalue weighted by Gasteiger charge is 2.18. The van der Waals surface area contributed by atoms with Crippen LogP contribution in [0.5, 0.6) is 0 Å². The summed E-state index contributed by atoms with van der Waals surface area (Å²) in [5, 5.41) is 8.89. The van der Waals surface area contributed by atoms with Crippen molar-refractivity contribution in [3.63, 3.8) is 0 Å². The number of rotatable bonds is 5. The minimum Gasteiger partial charge on any atom is -0.481 e. The summed E-state index contributed by atoms with van der Waals surface area (Å²) in [7, 11) is 0. The minimum absolute atomic E-state index is 0.114. The van der Waals surface area contributed by atoms with E-state index in [1.54, 1.807) is 0 Å². The quantitative estimate of drug-likeness (QED) is 0.825. The molecule has 88 valence electrons. The fourth-order valence-electron chi connectivity index (χ4n) is 1.93. The second kappa shape index (κ2) is 5.69. The second-order valence-corrected chi connectivity index (χ2v) is 4.54. The first-order chi connectivity index (χ1) is 7.54. The van der Waals surface area contributed by atoms with Gasteiger partial charge in [-0.25, -0.2) is 0 Å². The van der Waals surface area contributed by atoms with Gasteiger partial charge in [-0.1, -0.05) is 45.0 Å². The van der Waals surface area contributed by atoms with Crippen molar-refractivity contribution >= 4 is 5.97 Å². The molecule has 0 radical (unpaired) electrons. The first kappa shape index (κ1) is 12.8. The number of benzene rings is 1. The van der Waals surface area contributed by atoms with Crippen molar-refractivity contribution in [2.75, 3.05) is 0 Å². The molecule has 0 aliphatic carbocycles. The molecule has 0 aromatic heterocycles. The van der Waals surface area contributed by atoms with Gasteiger partial charge in [-0.3, -0.25) is 4.79 Å². The van der Waals surface area contributed by atoms with E-state index in [0.717, 1.165) is 12.0 Å². The van der Waals surface area contributed by atoms with Gasteiger partial charge in [0, 0.05) is 0 Å². The highest BCUT2D eigenvalue weighted by atomic mass is 16.4. The average molecular weight is 220 g/mol. The van der Waals surface area contributed by atoms with Crippen LogP contribution in [0, 0.1) is 5.92 Å². The van der Waals surface area contributed by atoms with Crippen molar-refractivity contribution in [2.45, 2.75) is 39.5 Å². The molecular weight excluding hydrogens is 200 g/mol. The predicted octanol–water partition coefficient (Wildman–Crippen LogP) is 3.46. The molecular formula is C14H20O2. The summed E-state index contributed by atoms with van der Waals surface area (Å²) >= 11 is 0. The molecule has 0 spiro atoms. The summed E-state index contributed by atoms with van der Waals surface area (Å²) in [5.41, 5.74) is 2.43. The SMILES string of the molecule is CCc1ccc(C(CC(=O)O)C(C)C)cc1. The van der Waals surface area contributed by atoms with Gasteiger partial charge < -0.3 is 5.11 Å². The molecule has 1 aromatic carbocycles. The molecule has 1 unspecified atom stereocenters. The Labute approximate surface area is 97.3 Å². The lowest BCUT2D eigenvalue weighted by Crippen LogP contribution is -2.12. The van der Waals surface area contributed by atoms with Gasteiger partial charge in [-0.05, 0) is 29.4 Å². The Morgan fingerprint density at radius 2 is 1.81 bits per heavy atom. The first-order valence-corrected chi connectivity index (χ1v) is 5.85. The molecule has 2 heteroatoms. The van der Waals surface area contributed by atoms with Crippen molar-refractivity contribution in [1.82, 2.24) is 0 Å². The molecule has 0 fully saturated rings. The van der Waals surface area contributed by atoms with E-state index in [1.165, 1.54) is 5.56 Å². The number of hydrogen-bond donors (Lipinski definition) is 1. The van der Waals surface area contributed by atoms with Gasteiger partial charge in [-0.2, -0.15) is 0 Å². The molecule has 0 saturated carbocycles. The fraction of sp³-hybridized carbons (Fsp3) is 0.500. The Morgan fingerprint density at radius 3 is 2.19 bits per heavy atom. The molecule has 0 aliphatic rings. The number of carboxylic acid groups (broad SMARTS) is 1. The lowest BCUT2D eigenvalue weighted by molar-refractivity contribution is -0.137. The Bertz CT molecular complexity index is 338. The summed E-state index contributed by atoms with van der Waals surface area (Å²) in [5.74, 6) is -0.259. The average Bonchev–Trinajstić information content (AvgIpc) is 2.25. The van der Waals surface area contributed by atoms with Crippen LogP contribution < -0.4 is 0 Å². The standard InChI is InChI=1S/C14H20O2/c1-4-11-5-7-12(8-6-11)13(10(2)3)9-14(15)16/h5-8,10,13H,4,9H2,1-3H3,(H,15,16). The van der Waals surface area contributed by atoms with E-state index in [2.05, 4.69) is 45.0 Å². The first-order valence-electron chi connectivity index (χ1n) is 5.85. The summed E-state index contributed by atoms with van der Waals surface area (Å²) in [6, 6.07) is 8.30. The fourth-order valence-corrected chi connectivity index (χ4v) is 1.93. The van der Waals surface area contributed by atoms with E-state index in [0.29, 0.717) is 5.92 Å². The maximum absolute atomic E-state index is 10.8. The van der Waals surface area contributed by atoms with Crippen LogP contribution in [0.3, 0.4) is 0 Å². The molecule has 1 atom stereocenters. The van der Waals surface area contributed by atoms with Crippen LogP contribution in [0.4, 0.5) is 0 Å². The Kier molecular flexibility index (Phi) is 4.53. The highest BCUT2D eigenvalue weighted by molar-refractivity contribution is 5.68. The zero-order chi connectivity index (χ0) is 12.1. The van der Waals surface area contributed by atoms with Gasteiger partial charge in [-0.15, -0.1) is 0 Å². The minimum atomic E-state index is -0.724. The van der Waals surface area contributed by atoms with Crippen molar-refractivity contribution in [2.24, 2.45) is 5.92 Å². The molecule has 1 rings (SSSR count). The monoisotopic (exact) mass is 220 g/mol. The Morgan fingerprint density at radius 1 is 1.25 bits per heavy atom. The zero-order valence-electron chi connectivity index (χ0n) is 10.2. The van der Waals surface area contributed by atoms with E-state index < -0.39 is 5.97 Å². The van der Waals surface area contributed by atoms with Crippen LogP contribution in [0.2, 0.25) is 0 Å². The van der Waals surface area contributed by atoms with E-state index in [9.17, 15) is 4.79 Å². The van der Waals surface area contributed by atoms with Crippen molar-refractivity contribution in [1.29, 1.82) is 0 Å². The van der Waals surface area contributed by atoms with Crippen LogP contribution in [0.15, 0.2) is 24.3 Å². The van der Waals surface area contributed by atoms with E-state index >= 15 is 0 Å². The number of carboxylic acids is 1. The van der Waals surface area contributed by atoms with Gasteiger partial charge in [0.2, 0.25) is 0 Å². The van der Waals surface area contributed by atoms with Crippen LogP contribution in [0.1, 0.15) is 44.2 Å². The van der Waals surface area contributed by atoms with Crippen molar-refractivity contribution in [3.8, 4) is 0 Å². The number of aliphatic carboxylic acids is 1. The molecule has 0 bridgehead atoms. The smallest absolute Gasteiger partial charge is 0.303 e. The van der Waals surface area contributed by atoms with Gasteiger partial charge in [0.15, 0.2) is 0 Å². The largest absolute Gasteiger partial charge is 0.481 e. The molecule has 0 aliphatic heterocycles. The summed E-state index contributed by atoms with van der Waals surface area (Å²) in [4.78, 5) is 10.8. The normalized spacial score (nSPS) is 12.8. The molecule has 0 amide bonds. The number of carbonyl (C=O) groups is 1. The summed E-state index contributed by atoms with van der Waals surface area (Å²) in [6.45, 7) is 6.26. The van der Waals surface area contributed by atoms with Crippen LogP contribution >= 0.6 is 0 Å². The van der Waals surface area contributed by atoms with E-state index in [-0.39, 0.29) is 12.3 Å². The van der Waals surface area contributed by atoms with Crippen LogP contribution in [-0.2, 0) is 11.2 Å². The van der Waals surface area contributed by atoms with Gasteiger partial charge in [0.05, 0.1) is 6.42 Å². The second-order valence-electron chi connectivity index (χ2n) is 4.54. The zero-order valence-corrected chi connectivity index (χ0v) is 10.2. The summed E-state index contributed by atoms with van der Waals surface area (Å²) in [6.07, 6.45) is 1.23. The van der Waals surface area contributed by atoms with Gasteiger partial charge in [0.25, 0.3) is 0 Å². The molecule has 0 heterocycles. The van der Waals surface area contributed by atoms with Crippen LogP contribution in [-0.4, -0.2) is 11.1 Å².